The quantitative estimate of drug-likeness (QED) is 0.594. The number of nitrogens with zero attached hydrogens (tertiary/aromatic N) is 1. The third-order valence-corrected chi connectivity index (χ3v) is 3.84. The van der Waals surface area contributed by atoms with Crippen molar-refractivity contribution in [2.75, 3.05) is 48.1 Å². The number of benzene rings is 1. The zero-order chi connectivity index (χ0) is 18.8. The van der Waals surface area contributed by atoms with E-state index in [1.165, 1.54) is 14.2 Å². The van der Waals surface area contributed by atoms with Gasteiger partial charge in [-0.1, -0.05) is 13.0 Å². The van der Waals surface area contributed by atoms with E-state index in [1.807, 2.05) is 18.2 Å². The van der Waals surface area contributed by atoms with Crippen molar-refractivity contribution in [2.45, 2.75) is 13.3 Å². The van der Waals surface area contributed by atoms with Gasteiger partial charge in [0.1, 0.15) is 6.61 Å². The second kappa shape index (κ2) is 10.6. The first-order chi connectivity index (χ1) is 12.0. The fourth-order valence-corrected chi connectivity index (χ4v) is 2.44. The topological polar surface area (TPSA) is 74.3 Å². The summed E-state index contributed by atoms with van der Waals surface area (Å²) in [6.45, 7) is 2.44. The summed E-state index contributed by atoms with van der Waals surface area (Å²) in [6.07, 6.45) is 0.615. The molecule has 0 aliphatic rings. The molecule has 25 heavy (non-hydrogen) atoms. The second-order valence-corrected chi connectivity index (χ2v) is 5.64. The molecule has 140 valence electrons. The Morgan fingerprint density at radius 2 is 1.76 bits per heavy atom. The molecule has 0 aromatic heterocycles. The SMILES string of the molecule is COCC(=O)N(CCc1ccc(OC)c(OC)c1)CC(C)C(=O)OC. The van der Waals surface area contributed by atoms with Crippen LogP contribution in [-0.4, -0.2) is 64.9 Å². The molecule has 0 N–H and O–H groups in total. The molecule has 1 aromatic carbocycles. The van der Waals surface area contributed by atoms with Gasteiger partial charge in [-0.05, 0) is 24.1 Å². The number of hydrogen-bond acceptors (Lipinski definition) is 6. The maximum Gasteiger partial charge on any atom is 0.310 e. The minimum Gasteiger partial charge on any atom is -0.493 e. The third-order valence-electron chi connectivity index (χ3n) is 3.84. The van der Waals surface area contributed by atoms with Gasteiger partial charge in [0, 0.05) is 20.2 Å². The van der Waals surface area contributed by atoms with Crippen molar-refractivity contribution in [2.24, 2.45) is 5.92 Å². The van der Waals surface area contributed by atoms with Gasteiger partial charge in [-0.3, -0.25) is 9.59 Å². The van der Waals surface area contributed by atoms with E-state index in [0.717, 1.165) is 5.56 Å². The fourth-order valence-electron chi connectivity index (χ4n) is 2.44. The van der Waals surface area contributed by atoms with E-state index in [4.69, 9.17) is 18.9 Å². The standard InChI is InChI=1S/C18H27NO6/c1-13(18(21)25-5)11-19(17(20)12-22-2)9-8-14-6-7-15(23-3)16(10-14)24-4/h6-7,10,13H,8-9,11-12H2,1-5H3. The second-order valence-electron chi connectivity index (χ2n) is 5.64. The van der Waals surface area contributed by atoms with Gasteiger partial charge in [0.2, 0.25) is 5.91 Å². The van der Waals surface area contributed by atoms with Crippen molar-refractivity contribution in [3.8, 4) is 11.5 Å². The van der Waals surface area contributed by atoms with Crippen LogP contribution < -0.4 is 9.47 Å². The summed E-state index contributed by atoms with van der Waals surface area (Å²) in [4.78, 5) is 25.5. The molecule has 0 saturated carbocycles. The summed E-state index contributed by atoms with van der Waals surface area (Å²) < 4.78 is 20.2. The Bertz CT molecular complexity index is 575. The molecule has 1 rings (SSSR count). The Morgan fingerprint density at radius 1 is 1.08 bits per heavy atom. The average molecular weight is 353 g/mol. The first-order valence-electron chi connectivity index (χ1n) is 8.02. The first kappa shape index (κ1) is 20.8. The highest BCUT2D eigenvalue weighted by atomic mass is 16.5. The van der Waals surface area contributed by atoms with Crippen LogP contribution in [-0.2, 0) is 25.5 Å². The van der Waals surface area contributed by atoms with Gasteiger partial charge in [0.15, 0.2) is 11.5 Å². The summed E-state index contributed by atoms with van der Waals surface area (Å²) in [5.41, 5.74) is 0.999. The van der Waals surface area contributed by atoms with Gasteiger partial charge < -0.3 is 23.8 Å². The van der Waals surface area contributed by atoms with Crippen LogP contribution >= 0.6 is 0 Å². The number of amides is 1. The van der Waals surface area contributed by atoms with E-state index in [9.17, 15) is 9.59 Å². The van der Waals surface area contributed by atoms with Crippen LogP contribution in [0.4, 0.5) is 0 Å². The molecule has 0 radical (unpaired) electrons. The monoisotopic (exact) mass is 353 g/mol. The molecule has 1 unspecified atom stereocenters. The number of esters is 1. The Balaban J connectivity index is 2.80. The number of methoxy groups -OCH3 is 4. The van der Waals surface area contributed by atoms with Crippen molar-refractivity contribution in [1.82, 2.24) is 4.90 Å². The van der Waals surface area contributed by atoms with E-state index < -0.39 is 5.92 Å². The molecule has 0 heterocycles. The van der Waals surface area contributed by atoms with Crippen LogP contribution in [0.5, 0.6) is 11.5 Å². The highest BCUT2D eigenvalue weighted by Crippen LogP contribution is 2.27. The molecular formula is C18H27NO6. The minimum absolute atomic E-state index is 0.0280. The Morgan fingerprint density at radius 3 is 2.32 bits per heavy atom. The lowest BCUT2D eigenvalue weighted by Crippen LogP contribution is -2.40. The molecule has 7 heteroatoms. The van der Waals surface area contributed by atoms with Crippen LogP contribution in [0.1, 0.15) is 12.5 Å². The van der Waals surface area contributed by atoms with Crippen molar-refractivity contribution in [3.63, 3.8) is 0 Å². The predicted octanol–water partition coefficient (Wildman–Crippen LogP) is 1.53. The van der Waals surface area contributed by atoms with Gasteiger partial charge in [-0.2, -0.15) is 0 Å². The highest BCUT2D eigenvalue weighted by Gasteiger charge is 2.21. The van der Waals surface area contributed by atoms with Crippen molar-refractivity contribution >= 4 is 11.9 Å². The van der Waals surface area contributed by atoms with E-state index in [2.05, 4.69) is 0 Å². The molecule has 0 spiro atoms. The molecule has 0 bridgehead atoms. The molecule has 0 fully saturated rings. The van der Waals surface area contributed by atoms with Gasteiger partial charge >= 0.3 is 5.97 Å². The minimum atomic E-state index is -0.406. The molecule has 0 aliphatic carbocycles. The third kappa shape index (κ3) is 6.26. The summed E-state index contributed by atoms with van der Waals surface area (Å²) >= 11 is 0. The summed E-state index contributed by atoms with van der Waals surface area (Å²) in [5, 5.41) is 0. The molecular weight excluding hydrogens is 326 g/mol. The van der Waals surface area contributed by atoms with E-state index in [1.54, 1.807) is 26.0 Å². The molecule has 1 amide bonds. The lowest BCUT2D eigenvalue weighted by Gasteiger charge is -2.25. The fraction of sp³-hybridized carbons (Fsp3) is 0.556. The zero-order valence-corrected chi connectivity index (χ0v) is 15.5. The smallest absolute Gasteiger partial charge is 0.310 e. The van der Waals surface area contributed by atoms with E-state index >= 15 is 0 Å². The highest BCUT2D eigenvalue weighted by molar-refractivity contribution is 5.79. The molecule has 0 aliphatic heterocycles. The maximum absolute atomic E-state index is 12.2. The maximum atomic E-state index is 12.2. The van der Waals surface area contributed by atoms with Crippen molar-refractivity contribution in [1.29, 1.82) is 0 Å². The predicted molar refractivity (Wildman–Crippen MR) is 92.9 cm³/mol. The zero-order valence-electron chi connectivity index (χ0n) is 15.5. The Hall–Kier alpha value is -2.28. The average Bonchev–Trinajstić information content (AvgIpc) is 2.63. The van der Waals surface area contributed by atoms with Crippen LogP contribution in [0.2, 0.25) is 0 Å². The summed E-state index contributed by atoms with van der Waals surface area (Å²) in [6, 6.07) is 5.62. The molecule has 1 aromatic rings. The van der Waals surface area contributed by atoms with Gasteiger partial charge in [0.25, 0.3) is 0 Å². The van der Waals surface area contributed by atoms with Crippen LogP contribution in [0.3, 0.4) is 0 Å². The summed E-state index contributed by atoms with van der Waals surface area (Å²) in [7, 11) is 5.96. The molecule has 0 saturated heterocycles. The summed E-state index contributed by atoms with van der Waals surface area (Å²) in [5.74, 6) is 0.367. The van der Waals surface area contributed by atoms with Crippen molar-refractivity contribution < 1.29 is 28.5 Å². The largest absolute Gasteiger partial charge is 0.493 e. The van der Waals surface area contributed by atoms with Crippen molar-refractivity contribution in [3.05, 3.63) is 23.8 Å². The number of ether oxygens (including phenoxy) is 4. The Kier molecular flexibility index (Phi) is 8.77. The number of rotatable bonds is 10. The van der Waals surface area contributed by atoms with Crippen LogP contribution in [0, 0.1) is 5.92 Å². The normalized spacial score (nSPS) is 11.6. The number of carbonyl (C=O) groups excluding carboxylic acids is 2. The van der Waals surface area contributed by atoms with E-state index in [0.29, 0.717) is 24.5 Å². The molecule has 7 nitrogen and oxygen atoms in total. The lowest BCUT2D eigenvalue weighted by atomic mass is 10.1. The first-order valence-corrected chi connectivity index (χ1v) is 8.02. The molecule has 1 atom stereocenters. The van der Waals surface area contributed by atoms with Gasteiger partial charge in [-0.25, -0.2) is 0 Å². The van der Waals surface area contributed by atoms with Gasteiger partial charge in [-0.15, -0.1) is 0 Å². The Labute approximate surface area is 148 Å². The van der Waals surface area contributed by atoms with Crippen LogP contribution in [0.25, 0.3) is 0 Å². The van der Waals surface area contributed by atoms with Gasteiger partial charge in [0.05, 0.1) is 27.2 Å². The number of hydrogen-bond donors (Lipinski definition) is 0. The van der Waals surface area contributed by atoms with Crippen LogP contribution in [0.15, 0.2) is 18.2 Å². The van der Waals surface area contributed by atoms with E-state index in [-0.39, 0.29) is 25.0 Å². The number of carbonyl (C=O) groups is 2. The lowest BCUT2D eigenvalue weighted by molar-refractivity contribution is -0.147.